The van der Waals surface area contributed by atoms with Crippen LogP contribution >= 0.6 is 0 Å². The highest BCUT2D eigenvalue weighted by molar-refractivity contribution is 5.86. The molecule has 1 atom stereocenters. The van der Waals surface area contributed by atoms with Gasteiger partial charge in [-0.1, -0.05) is 30.3 Å². The Morgan fingerprint density at radius 2 is 1.88 bits per heavy atom. The van der Waals surface area contributed by atoms with Gasteiger partial charge in [-0.3, -0.25) is 0 Å². The first-order valence-electron chi connectivity index (χ1n) is 8.38. The first-order chi connectivity index (χ1) is 12.1. The van der Waals surface area contributed by atoms with Crippen LogP contribution in [0.5, 0.6) is 0 Å². The number of imidazole rings is 1. The highest BCUT2D eigenvalue weighted by atomic mass is 16.6. The molecular weight excluding hydrogens is 334 g/mol. The number of rotatable bonds is 5. The smallest absolute Gasteiger partial charge is 0.408 e. The summed E-state index contributed by atoms with van der Waals surface area (Å²) in [5.41, 5.74) is 0.861. The number of hydrogen-bond acceptors (Lipinski definition) is 4. The fraction of sp³-hybridized carbons (Fsp3) is 0.421. The van der Waals surface area contributed by atoms with E-state index in [0.29, 0.717) is 17.9 Å². The lowest BCUT2D eigenvalue weighted by atomic mass is 10.1. The standard InChI is InChI=1S/C19H25N3O4/c1-12-15(17(23)24)21-16(22(12)5)14(11-13-9-7-6-8-10-13)20-18(25)26-19(2,3)4/h6-10,14H,11H2,1-5H3,(H,20,25)(H,23,24)/t14-/m0/s1. The van der Waals surface area contributed by atoms with Crippen molar-refractivity contribution in [1.82, 2.24) is 14.9 Å². The van der Waals surface area contributed by atoms with E-state index in [4.69, 9.17) is 4.74 Å². The number of aromatic nitrogens is 2. The van der Waals surface area contributed by atoms with Crippen LogP contribution in [0.3, 0.4) is 0 Å². The number of carboxylic acid groups (broad SMARTS) is 1. The number of carboxylic acids is 1. The van der Waals surface area contributed by atoms with E-state index in [1.54, 1.807) is 39.3 Å². The van der Waals surface area contributed by atoms with Gasteiger partial charge in [-0.05, 0) is 33.3 Å². The average molecular weight is 359 g/mol. The van der Waals surface area contributed by atoms with Gasteiger partial charge in [0.05, 0.1) is 6.04 Å². The molecule has 1 aromatic heterocycles. The summed E-state index contributed by atoms with van der Waals surface area (Å²) in [4.78, 5) is 27.9. The summed E-state index contributed by atoms with van der Waals surface area (Å²) in [7, 11) is 1.73. The van der Waals surface area contributed by atoms with Gasteiger partial charge < -0.3 is 19.7 Å². The van der Waals surface area contributed by atoms with Crippen LogP contribution in [-0.2, 0) is 18.2 Å². The molecule has 7 heteroatoms. The summed E-state index contributed by atoms with van der Waals surface area (Å²) in [6.45, 7) is 7.04. The van der Waals surface area contributed by atoms with Gasteiger partial charge in [0.25, 0.3) is 0 Å². The molecule has 0 radical (unpaired) electrons. The van der Waals surface area contributed by atoms with Crippen LogP contribution in [0.4, 0.5) is 4.79 Å². The summed E-state index contributed by atoms with van der Waals surface area (Å²) in [5, 5.41) is 12.1. The molecule has 1 aromatic carbocycles. The van der Waals surface area contributed by atoms with E-state index < -0.39 is 23.7 Å². The second kappa shape index (κ2) is 7.59. The van der Waals surface area contributed by atoms with Crippen molar-refractivity contribution in [2.75, 3.05) is 0 Å². The molecule has 0 unspecified atom stereocenters. The largest absolute Gasteiger partial charge is 0.476 e. The molecule has 1 amide bonds. The molecule has 0 spiro atoms. The fourth-order valence-corrected chi connectivity index (χ4v) is 2.62. The number of ether oxygens (including phenoxy) is 1. The summed E-state index contributed by atoms with van der Waals surface area (Å²) >= 11 is 0. The molecule has 7 nitrogen and oxygen atoms in total. The van der Waals surface area contributed by atoms with E-state index in [0.717, 1.165) is 5.56 Å². The summed E-state index contributed by atoms with van der Waals surface area (Å²) < 4.78 is 7.04. The summed E-state index contributed by atoms with van der Waals surface area (Å²) in [5.74, 6) is -0.630. The quantitative estimate of drug-likeness (QED) is 0.855. The number of hydrogen-bond donors (Lipinski definition) is 2. The van der Waals surface area contributed by atoms with Crippen molar-refractivity contribution in [3.05, 3.63) is 53.1 Å². The van der Waals surface area contributed by atoms with Crippen LogP contribution in [0.25, 0.3) is 0 Å². The van der Waals surface area contributed by atoms with E-state index in [2.05, 4.69) is 10.3 Å². The predicted octanol–water partition coefficient (Wildman–Crippen LogP) is 3.24. The zero-order valence-corrected chi connectivity index (χ0v) is 15.7. The Morgan fingerprint density at radius 1 is 1.27 bits per heavy atom. The highest BCUT2D eigenvalue weighted by Gasteiger charge is 2.26. The Kier molecular flexibility index (Phi) is 5.69. The van der Waals surface area contributed by atoms with Crippen LogP contribution in [0.15, 0.2) is 30.3 Å². The predicted molar refractivity (Wildman–Crippen MR) is 97.2 cm³/mol. The number of amides is 1. The van der Waals surface area contributed by atoms with Crippen LogP contribution < -0.4 is 5.32 Å². The first-order valence-corrected chi connectivity index (χ1v) is 8.38. The number of carbonyl (C=O) groups is 2. The lowest BCUT2D eigenvalue weighted by Gasteiger charge is -2.23. The first kappa shape index (κ1) is 19.5. The topological polar surface area (TPSA) is 93.4 Å². The Balaban J connectivity index is 2.36. The Labute approximate surface area is 153 Å². The molecule has 0 fully saturated rings. The molecule has 2 rings (SSSR count). The van der Waals surface area contributed by atoms with E-state index in [1.165, 1.54) is 0 Å². The molecule has 2 N–H and O–H groups in total. The number of alkyl carbamates (subject to hydrolysis) is 1. The third-order valence-corrected chi connectivity index (χ3v) is 3.90. The molecule has 2 aromatic rings. The number of benzene rings is 1. The van der Waals surface area contributed by atoms with Crippen molar-refractivity contribution < 1.29 is 19.4 Å². The third-order valence-electron chi connectivity index (χ3n) is 3.90. The van der Waals surface area contributed by atoms with E-state index in [-0.39, 0.29) is 5.69 Å². The van der Waals surface area contributed by atoms with Crippen molar-refractivity contribution in [3.8, 4) is 0 Å². The van der Waals surface area contributed by atoms with Gasteiger partial charge in [0.15, 0.2) is 5.69 Å². The van der Waals surface area contributed by atoms with Crippen molar-refractivity contribution in [2.24, 2.45) is 7.05 Å². The van der Waals surface area contributed by atoms with Crippen molar-refractivity contribution in [1.29, 1.82) is 0 Å². The van der Waals surface area contributed by atoms with E-state index >= 15 is 0 Å². The SMILES string of the molecule is Cc1c(C(=O)O)nc([C@H](Cc2ccccc2)NC(=O)OC(C)(C)C)n1C. The molecule has 0 aliphatic rings. The Morgan fingerprint density at radius 3 is 2.38 bits per heavy atom. The zero-order chi connectivity index (χ0) is 19.5. The van der Waals surface area contributed by atoms with Gasteiger partial charge in [0.2, 0.25) is 0 Å². The molecule has 0 aliphatic heterocycles. The second-order valence-corrected chi connectivity index (χ2v) is 7.16. The molecular formula is C19H25N3O4. The van der Waals surface area contributed by atoms with Gasteiger partial charge in [-0.15, -0.1) is 0 Å². The van der Waals surface area contributed by atoms with Crippen molar-refractivity contribution >= 4 is 12.1 Å². The Bertz CT molecular complexity index is 791. The molecule has 26 heavy (non-hydrogen) atoms. The molecule has 140 valence electrons. The molecule has 0 aliphatic carbocycles. The van der Waals surface area contributed by atoms with E-state index in [9.17, 15) is 14.7 Å². The molecule has 0 bridgehead atoms. The van der Waals surface area contributed by atoms with Gasteiger partial charge in [-0.25, -0.2) is 14.6 Å². The normalized spacial score (nSPS) is 12.5. The molecule has 1 heterocycles. The third kappa shape index (κ3) is 4.84. The maximum Gasteiger partial charge on any atom is 0.408 e. The highest BCUT2D eigenvalue weighted by Crippen LogP contribution is 2.21. The maximum absolute atomic E-state index is 12.3. The van der Waals surface area contributed by atoms with Crippen molar-refractivity contribution in [2.45, 2.75) is 45.8 Å². The summed E-state index contributed by atoms with van der Waals surface area (Å²) in [6.07, 6.45) is -0.111. The maximum atomic E-state index is 12.3. The van der Waals surface area contributed by atoms with E-state index in [1.807, 2.05) is 30.3 Å². The zero-order valence-electron chi connectivity index (χ0n) is 15.7. The fourth-order valence-electron chi connectivity index (χ4n) is 2.62. The molecule has 0 saturated carbocycles. The monoisotopic (exact) mass is 359 g/mol. The van der Waals surface area contributed by atoms with Gasteiger partial charge in [0, 0.05) is 19.2 Å². The van der Waals surface area contributed by atoms with Crippen molar-refractivity contribution in [3.63, 3.8) is 0 Å². The lowest BCUT2D eigenvalue weighted by Crippen LogP contribution is -2.36. The van der Waals surface area contributed by atoms with Gasteiger partial charge in [0.1, 0.15) is 11.4 Å². The number of carbonyl (C=O) groups excluding carboxylic acids is 1. The lowest BCUT2D eigenvalue weighted by molar-refractivity contribution is 0.0500. The minimum atomic E-state index is -1.10. The van der Waals surface area contributed by atoms with Crippen LogP contribution in [0.1, 0.15) is 54.4 Å². The van der Waals surface area contributed by atoms with Crippen LogP contribution in [0.2, 0.25) is 0 Å². The Hall–Kier alpha value is -2.83. The number of aromatic carboxylic acids is 1. The van der Waals surface area contributed by atoms with Gasteiger partial charge in [-0.2, -0.15) is 0 Å². The summed E-state index contributed by atoms with van der Waals surface area (Å²) in [6, 6.07) is 9.09. The molecule has 0 saturated heterocycles. The minimum Gasteiger partial charge on any atom is -0.476 e. The second-order valence-electron chi connectivity index (χ2n) is 7.16. The number of nitrogens with one attached hydrogen (secondary N) is 1. The average Bonchev–Trinajstić information content (AvgIpc) is 2.82. The van der Waals surface area contributed by atoms with Crippen LogP contribution in [0, 0.1) is 6.92 Å². The number of nitrogens with zero attached hydrogens (tertiary/aromatic N) is 2. The van der Waals surface area contributed by atoms with Gasteiger partial charge >= 0.3 is 12.1 Å². The van der Waals surface area contributed by atoms with Crippen LogP contribution in [-0.4, -0.2) is 32.3 Å². The minimum absolute atomic E-state index is 0.0217.